The largest absolute Gasteiger partial charge is 0.491 e. The Bertz CT molecular complexity index is 624. The third kappa shape index (κ3) is 5.16. The quantitative estimate of drug-likeness (QED) is 0.610. The van der Waals surface area contributed by atoms with Crippen molar-refractivity contribution in [2.24, 2.45) is 0 Å². The van der Waals surface area contributed by atoms with Crippen LogP contribution in [-0.2, 0) is 0 Å². The van der Waals surface area contributed by atoms with E-state index in [4.69, 9.17) is 9.84 Å². The van der Waals surface area contributed by atoms with Crippen molar-refractivity contribution in [3.63, 3.8) is 0 Å². The highest BCUT2D eigenvalue weighted by Crippen LogP contribution is 2.17. The molecule has 0 aromatic heterocycles. The Morgan fingerprint density at radius 3 is 2.00 bits per heavy atom. The molecule has 0 unspecified atom stereocenters. The fourth-order valence-electron chi connectivity index (χ4n) is 2.07. The standard InChI is InChI=1S/C18H22BNO3/c1-19(22)20(2)17-9-5-15(6-10-17)3-4-16-7-11-18(12-8-16)23-14-13-21/h3-12,21-22H,13-14H2,1-2H3/b4-3+. The SMILES string of the molecule is CB(O)N(C)c1ccc(/C=C/c2ccc(OCCO)cc2)cc1. The molecule has 120 valence electrons. The number of rotatable bonds is 7. The van der Waals surface area contributed by atoms with E-state index in [-0.39, 0.29) is 6.61 Å². The molecule has 0 amide bonds. The van der Waals surface area contributed by atoms with Gasteiger partial charge in [-0.25, -0.2) is 0 Å². The number of hydrogen-bond donors (Lipinski definition) is 2. The first-order valence-corrected chi connectivity index (χ1v) is 7.63. The van der Waals surface area contributed by atoms with Gasteiger partial charge in [0.05, 0.1) is 6.61 Å². The van der Waals surface area contributed by atoms with Crippen LogP contribution in [0.2, 0.25) is 6.82 Å². The van der Waals surface area contributed by atoms with Gasteiger partial charge in [0, 0.05) is 5.69 Å². The van der Waals surface area contributed by atoms with E-state index in [9.17, 15) is 5.02 Å². The third-order valence-electron chi connectivity index (χ3n) is 3.57. The zero-order valence-corrected chi connectivity index (χ0v) is 13.5. The maximum atomic E-state index is 9.56. The second-order valence-electron chi connectivity index (χ2n) is 5.31. The van der Waals surface area contributed by atoms with E-state index in [1.165, 1.54) is 0 Å². The Labute approximate surface area is 137 Å². The van der Waals surface area contributed by atoms with Gasteiger partial charge in [0.2, 0.25) is 0 Å². The predicted molar refractivity (Wildman–Crippen MR) is 96.6 cm³/mol. The Hall–Kier alpha value is -2.24. The van der Waals surface area contributed by atoms with E-state index in [0.717, 1.165) is 22.6 Å². The number of benzene rings is 2. The Kier molecular flexibility index (Phi) is 6.26. The van der Waals surface area contributed by atoms with Crippen LogP contribution in [0.3, 0.4) is 0 Å². The highest BCUT2D eigenvalue weighted by molar-refractivity contribution is 6.53. The molecule has 5 heteroatoms. The van der Waals surface area contributed by atoms with E-state index in [2.05, 4.69) is 0 Å². The van der Waals surface area contributed by atoms with E-state index >= 15 is 0 Å². The van der Waals surface area contributed by atoms with Crippen LogP contribution >= 0.6 is 0 Å². The van der Waals surface area contributed by atoms with Crippen LogP contribution in [0, 0.1) is 0 Å². The average molecular weight is 311 g/mol. The lowest BCUT2D eigenvalue weighted by atomic mass is 9.85. The van der Waals surface area contributed by atoms with Crippen LogP contribution < -0.4 is 9.55 Å². The molecule has 2 N–H and O–H groups in total. The monoisotopic (exact) mass is 311 g/mol. The number of aliphatic hydroxyl groups is 1. The highest BCUT2D eigenvalue weighted by atomic mass is 16.5. The topological polar surface area (TPSA) is 52.9 Å². The van der Waals surface area contributed by atoms with Crippen LogP contribution in [0.25, 0.3) is 12.2 Å². The molecule has 2 aromatic carbocycles. The van der Waals surface area contributed by atoms with Crippen molar-refractivity contribution < 1.29 is 14.9 Å². The number of aliphatic hydroxyl groups excluding tert-OH is 1. The van der Waals surface area contributed by atoms with Crippen LogP contribution in [0.4, 0.5) is 5.69 Å². The van der Waals surface area contributed by atoms with Gasteiger partial charge >= 0.3 is 7.05 Å². The fraction of sp³-hybridized carbons (Fsp3) is 0.222. The van der Waals surface area contributed by atoms with Gasteiger partial charge in [-0.3, -0.25) is 0 Å². The van der Waals surface area contributed by atoms with Crippen LogP contribution in [0.5, 0.6) is 5.75 Å². The summed E-state index contributed by atoms with van der Waals surface area (Å²) in [6.45, 7) is 2.06. The molecule has 0 radical (unpaired) electrons. The molecule has 0 fully saturated rings. The van der Waals surface area contributed by atoms with Crippen LogP contribution in [0.15, 0.2) is 48.5 Å². The normalized spacial score (nSPS) is 10.8. The van der Waals surface area contributed by atoms with E-state index in [0.29, 0.717) is 6.61 Å². The first-order chi connectivity index (χ1) is 11.1. The zero-order valence-electron chi connectivity index (χ0n) is 13.5. The molecule has 0 saturated carbocycles. The third-order valence-corrected chi connectivity index (χ3v) is 3.57. The van der Waals surface area contributed by atoms with Gasteiger partial charge in [0.25, 0.3) is 0 Å². The lowest BCUT2D eigenvalue weighted by molar-refractivity contribution is 0.201. The Morgan fingerprint density at radius 1 is 1.00 bits per heavy atom. The molecule has 0 aliphatic rings. The molecule has 4 nitrogen and oxygen atoms in total. The van der Waals surface area contributed by atoms with E-state index in [1.807, 2.05) is 67.7 Å². The van der Waals surface area contributed by atoms with Crippen molar-refractivity contribution in [2.45, 2.75) is 6.82 Å². The number of nitrogens with zero attached hydrogens (tertiary/aromatic N) is 1. The van der Waals surface area contributed by atoms with Gasteiger partial charge < -0.3 is 19.7 Å². The summed E-state index contributed by atoms with van der Waals surface area (Å²) in [5, 5.41) is 18.3. The molecule has 0 saturated heterocycles. The first kappa shape index (κ1) is 17.1. The van der Waals surface area contributed by atoms with Gasteiger partial charge in [-0.1, -0.05) is 36.4 Å². The second-order valence-corrected chi connectivity index (χ2v) is 5.31. The minimum absolute atomic E-state index is 0.0158. The highest BCUT2D eigenvalue weighted by Gasteiger charge is 2.10. The molecule has 0 atom stereocenters. The average Bonchev–Trinajstić information content (AvgIpc) is 2.58. The maximum absolute atomic E-state index is 9.56. The molecule has 0 spiro atoms. The number of hydrogen-bond acceptors (Lipinski definition) is 4. The van der Waals surface area contributed by atoms with Gasteiger partial charge in [0.15, 0.2) is 0 Å². The second kappa shape index (κ2) is 8.41. The molecular formula is C18H22BNO3. The molecule has 0 bridgehead atoms. The molecule has 0 aliphatic heterocycles. The minimum atomic E-state index is -0.511. The summed E-state index contributed by atoms with van der Waals surface area (Å²) < 4.78 is 5.33. The molecule has 23 heavy (non-hydrogen) atoms. The van der Waals surface area contributed by atoms with Crippen LogP contribution in [0.1, 0.15) is 11.1 Å². The summed E-state index contributed by atoms with van der Waals surface area (Å²) in [4.78, 5) is 1.80. The van der Waals surface area contributed by atoms with Crippen molar-refractivity contribution in [3.8, 4) is 5.75 Å². The summed E-state index contributed by atoms with van der Waals surface area (Å²) in [7, 11) is 1.35. The Morgan fingerprint density at radius 2 is 1.52 bits per heavy atom. The smallest absolute Gasteiger partial charge is 0.409 e. The fourth-order valence-corrected chi connectivity index (χ4v) is 2.07. The summed E-state index contributed by atoms with van der Waals surface area (Å²) in [6, 6.07) is 15.7. The van der Waals surface area contributed by atoms with Crippen molar-refractivity contribution in [1.29, 1.82) is 0 Å². The predicted octanol–water partition coefficient (Wildman–Crippen LogP) is 2.77. The van der Waals surface area contributed by atoms with Gasteiger partial charge in [-0.2, -0.15) is 0 Å². The van der Waals surface area contributed by atoms with Gasteiger partial charge in [-0.15, -0.1) is 0 Å². The maximum Gasteiger partial charge on any atom is 0.409 e. The summed E-state index contributed by atoms with van der Waals surface area (Å²) in [6.07, 6.45) is 4.07. The minimum Gasteiger partial charge on any atom is -0.491 e. The van der Waals surface area contributed by atoms with E-state index < -0.39 is 7.05 Å². The number of ether oxygens (including phenoxy) is 1. The molecule has 0 heterocycles. The molecule has 0 aliphatic carbocycles. The van der Waals surface area contributed by atoms with Crippen molar-refractivity contribution >= 4 is 24.9 Å². The summed E-state index contributed by atoms with van der Waals surface area (Å²) >= 11 is 0. The molecule has 2 rings (SSSR count). The lowest BCUT2D eigenvalue weighted by Gasteiger charge is -2.19. The Balaban J connectivity index is 1.99. The van der Waals surface area contributed by atoms with E-state index in [1.54, 1.807) is 11.6 Å². The first-order valence-electron chi connectivity index (χ1n) is 7.63. The zero-order chi connectivity index (χ0) is 16.7. The summed E-state index contributed by atoms with van der Waals surface area (Å²) in [5.74, 6) is 0.752. The molecule has 2 aromatic rings. The lowest BCUT2D eigenvalue weighted by Crippen LogP contribution is -2.32. The number of anilines is 1. The van der Waals surface area contributed by atoms with Crippen molar-refractivity contribution in [2.75, 3.05) is 25.1 Å². The van der Waals surface area contributed by atoms with Gasteiger partial charge in [0.1, 0.15) is 12.4 Å². The van der Waals surface area contributed by atoms with Crippen molar-refractivity contribution in [3.05, 3.63) is 59.7 Å². The van der Waals surface area contributed by atoms with Crippen LogP contribution in [-0.4, -0.2) is 37.4 Å². The molecular weight excluding hydrogens is 289 g/mol. The summed E-state index contributed by atoms with van der Waals surface area (Å²) in [5.41, 5.74) is 3.14. The van der Waals surface area contributed by atoms with Gasteiger partial charge in [-0.05, 0) is 49.3 Å². The van der Waals surface area contributed by atoms with Crippen molar-refractivity contribution in [1.82, 2.24) is 0 Å².